The third-order valence-corrected chi connectivity index (χ3v) is 5.47. The number of ether oxygens (including phenoxy) is 2. The van der Waals surface area contributed by atoms with Crippen LogP contribution in [0.25, 0.3) is 5.76 Å². The Morgan fingerprint density at radius 3 is 2.45 bits per heavy atom. The number of amides is 1. The maximum Gasteiger partial charge on any atom is 0.295 e. The molecule has 1 N–H and O–H groups in total. The molecule has 2 aromatic carbocycles. The Labute approximate surface area is 189 Å². The maximum atomic E-state index is 14.3. The van der Waals surface area contributed by atoms with E-state index in [9.17, 15) is 19.1 Å². The third kappa shape index (κ3) is 4.15. The molecule has 1 saturated heterocycles. The van der Waals surface area contributed by atoms with E-state index in [1.807, 2.05) is 0 Å². The summed E-state index contributed by atoms with van der Waals surface area (Å²) in [5, 5.41) is 11.0. The summed E-state index contributed by atoms with van der Waals surface area (Å²) in [5.74, 6) is -2.20. The molecule has 7 nitrogen and oxygen atoms in total. The second-order valence-electron chi connectivity index (χ2n) is 7.41. The number of methoxy groups -OCH3 is 2. The fourth-order valence-corrected chi connectivity index (χ4v) is 3.83. The number of rotatable bonds is 6. The van der Waals surface area contributed by atoms with E-state index in [4.69, 9.17) is 9.47 Å². The second kappa shape index (κ2) is 9.12. The molecule has 4 rings (SSSR count). The number of nitrogens with zero attached hydrogens (tertiary/aromatic N) is 2. The summed E-state index contributed by atoms with van der Waals surface area (Å²) in [6.45, 7) is 0.100. The highest BCUT2D eigenvalue weighted by molar-refractivity contribution is 6.46. The average Bonchev–Trinajstić information content (AvgIpc) is 3.09. The molecular formula is C25H21FN2O5. The van der Waals surface area contributed by atoms with E-state index < -0.39 is 29.3 Å². The molecule has 0 spiro atoms. The minimum absolute atomic E-state index is 0.00437. The third-order valence-electron chi connectivity index (χ3n) is 5.47. The molecule has 1 fully saturated rings. The Bertz CT molecular complexity index is 1230. The first-order valence-electron chi connectivity index (χ1n) is 10.1. The lowest BCUT2D eigenvalue weighted by Gasteiger charge is -2.25. The highest BCUT2D eigenvalue weighted by atomic mass is 19.1. The zero-order chi connectivity index (χ0) is 23.5. The van der Waals surface area contributed by atoms with Crippen LogP contribution in [-0.2, 0) is 16.1 Å². The number of carbonyl (C=O) groups excluding carboxylic acids is 2. The Balaban J connectivity index is 1.85. The molecule has 8 heteroatoms. The van der Waals surface area contributed by atoms with Crippen molar-refractivity contribution in [2.75, 3.05) is 14.2 Å². The first-order chi connectivity index (χ1) is 15.9. The van der Waals surface area contributed by atoms with E-state index in [1.54, 1.807) is 48.8 Å². The summed E-state index contributed by atoms with van der Waals surface area (Å²) in [5.41, 5.74) is 1.24. The van der Waals surface area contributed by atoms with Crippen molar-refractivity contribution in [3.63, 3.8) is 0 Å². The van der Waals surface area contributed by atoms with Gasteiger partial charge in [-0.15, -0.1) is 0 Å². The van der Waals surface area contributed by atoms with Crippen LogP contribution in [0.15, 0.2) is 72.6 Å². The topological polar surface area (TPSA) is 89.0 Å². The van der Waals surface area contributed by atoms with Crippen molar-refractivity contribution < 1.29 is 28.6 Å². The van der Waals surface area contributed by atoms with Gasteiger partial charge in [0.25, 0.3) is 11.7 Å². The Kier molecular flexibility index (Phi) is 6.08. The van der Waals surface area contributed by atoms with Gasteiger partial charge in [-0.3, -0.25) is 14.6 Å². The summed E-state index contributed by atoms with van der Waals surface area (Å²) in [4.78, 5) is 31.5. The number of halogens is 1. The predicted molar refractivity (Wildman–Crippen MR) is 118 cm³/mol. The number of Topliss-reactive ketones (excluding diaryl/α,β-unsaturated/α-hetero) is 1. The summed E-state index contributed by atoms with van der Waals surface area (Å²) < 4.78 is 24.4. The molecule has 0 bridgehead atoms. The van der Waals surface area contributed by atoms with Gasteiger partial charge in [0.2, 0.25) is 0 Å². The number of likely N-dealkylation sites (tertiary alicyclic amines) is 1. The molecule has 0 unspecified atom stereocenters. The van der Waals surface area contributed by atoms with Gasteiger partial charge in [0, 0.05) is 24.5 Å². The molecule has 1 aliphatic rings. The highest BCUT2D eigenvalue weighted by Gasteiger charge is 2.46. The lowest BCUT2D eigenvalue weighted by Crippen LogP contribution is -2.29. The molecule has 3 aromatic rings. The first kappa shape index (κ1) is 22.0. The molecule has 1 aliphatic heterocycles. The number of benzene rings is 2. The van der Waals surface area contributed by atoms with Crippen LogP contribution >= 0.6 is 0 Å². The number of ketones is 1. The van der Waals surface area contributed by atoms with Crippen molar-refractivity contribution in [2.45, 2.75) is 12.6 Å². The van der Waals surface area contributed by atoms with E-state index in [-0.39, 0.29) is 23.4 Å². The normalized spacial score (nSPS) is 17.3. The van der Waals surface area contributed by atoms with Crippen molar-refractivity contribution in [2.24, 2.45) is 0 Å². The fraction of sp³-hybridized carbons (Fsp3) is 0.160. The minimum atomic E-state index is -0.888. The van der Waals surface area contributed by atoms with E-state index in [0.717, 1.165) is 6.07 Å². The summed E-state index contributed by atoms with van der Waals surface area (Å²) >= 11 is 0. The van der Waals surface area contributed by atoms with Crippen LogP contribution in [0, 0.1) is 5.82 Å². The summed E-state index contributed by atoms with van der Waals surface area (Å²) in [6.07, 6.45) is 3.21. The smallest absolute Gasteiger partial charge is 0.295 e. The number of pyridine rings is 1. The lowest BCUT2D eigenvalue weighted by molar-refractivity contribution is -0.140. The molecule has 1 atom stereocenters. The van der Waals surface area contributed by atoms with Gasteiger partial charge in [-0.05, 0) is 47.5 Å². The van der Waals surface area contributed by atoms with Crippen molar-refractivity contribution >= 4 is 17.4 Å². The largest absolute Gasteiger partial charge is 0.507 e. The molecular weight excluding hydrogens is 427 g/mol. The van der Waals surface area contributed by atoms with E-state index in [1.165, 1.54) is 31.3 Å². The van der Waals surface area contributed by atoms with Gasteiger partial charge in [0.05, 0.1) is 25.8 Å². The van der Waals surface area contributed by atoms with Gasteiger partial charge in [-0.2, -0.15) is 0 Å². The minimum Gasteiger partial charge on any atom is -0.507 e. The second-order valence-corrected chi connectivity index (χ2v) is 7.41. The van der Waals surface area contributed by atoms with Crippen LogP contribution in [0.4, 0.5) is 4.39 Å². The SMILES string of the molecule is COc1ccc([C@H]2C(=C(O)c3ccc(OC)c(F)c3)C(=O)C(=O)N2Cc2cccnc2)cc1. The molecule has 168 valence electrons. The molecule has 2 heterocycles. The average molecular weight is 448 g/mol. The number of hydrogen-bond acceptors (Lipinski definition) is 6. The Morgan fingerprint density at radius 1 is 1.09 bits per heavy atom. The number of carbonyl (C=O) groups is 2. The predicted octanol–water partition coefficient (Wildman–Crippen LogP) is 3.86. The highest BCUT2D eigenvalue weighted by Crippen LogP contribution is 2.41. The van der Waals surface area contributed by atoms with Crippen LogP contribution < -0.4 is 9.47 Å². The van der Waals surface area contributed by atoms with Crippen LogP contribution in [-0.4, -0.2) is 40.9 Å². The van der Waals surface area contributed by atoms with Crippen LogP contribution in [0.2, 0.25) is 0 Å². The van der Waals surface area contributed by atoms with Crippen LogP contribution in [0.1, 0.15) is 22.7 Å². The number of hydrogen-bond donors (Lipinski definition) is 1. The number of aliphatic hydroxyl groups is 1. The molecule has 0 radical (unpaired) electrons. The molecule has 1 amide bonds. The zero-order valence-electron chi connectivity index (χ0n) is 18.0. The number of aliphatic hydroxyl groups excluding tert-OH is 1. The Morgan fingerprint density at radius 2 is 1.85 bits per heavy atom. The first-order valence-corrected chi connectivity index (χ1v) is 10.1. The van der Waals surface area contributed by atoms with Crippen molar-refractivity contribution in [1.82, 2.24) is 9.88 Å². The Hall–Kier alpha value is -4.20. The van der Waals surface area contributed by atoms with Crippen LogP contribution in [0.3, 0.4) is 0 Å². The summed E-state index contributed by atoms with van der Waals surface area (Å²) in [7, 11) is 2.85. The maximum absolute atomic E-state index is 14.3. The lowest BCUT2D eigenvalue weighted by atomic mass is 9.95. The van der Waals surface area contributed by atoms with Gasteiger partial charge >= 0.3 is 0 Å². The van der Waals surface area contributed by atoms with E-state index >= 15 is 0 Å². The molecule has 33 heavy (non-hydrogen) atoms. The zero-order valence-corrected chi connectivity index (χ0v) is 18.0. The van der Waals surface area contributed by atoms with Crippen molar-refractivity contribution in [3.8, 4) is 11.5 Å². The van der Waals surface area contributed by atoms with E-state index in [2.05, 4.69) is 4.98 Å². The molecule has 1 aromatic heterocycles. The van der Waals surface area contributed by atoms with Crippen LogP contribution in [0.5, 0.6) is 11.5 Å². The van der Waals surface area contributed by atoms with Crippen molar-refractivity contribution in [1.29, 1.82) is 0 Å². The summed E-state index contributed by atoms with van der Waals surface area (Å²) in [6, 6.07) is 13.3. The van der Waals surface area contributed by atoms with Crippen molar-refractivity contribution in [3.05, 3.63) is 95.1 Å². The van der Waals surface area contributed by atoms with Gasteiger partial charge in [-0.1, -0.05) is 18.2 Å². The van der Waals surface area contributed by atoms with Gasteiger partial charge in [0.1, 0.15) is 11.5 Å². The van der Waals surface area contributed by atoms with E-state index in [0.29, 0.717) is 16.9 Å². The quantitative estimate of drug-likeness (QED) is 0.350. The van der Waals surface area contributed by atoms with Gasteiger partial charge < -0.3 is 19.5 Å². The molecule has 0 saturated carbocycles. The van der Waals surface area contributed by atoms with Gasteiger partial charge in [-0.25, -0.2) is 4.39 Å². The van der Waals surface area contributed by atoms with Gasteiger partial charge in [0.15, 0.2) is 11.6 Å². The molecule has 0 aliphatic carbocycles. The fourth-order valence-electron chi connectivity index (χ4n) is 3.83. The number of aromatic nitrogens is 1. The monoisotopic (exact) mass is 448 g/mol. The standard InChI is InChI=1S/C25H21FN2O5/c1-32-18-8-5-16(6-9-18)22-21(23(29)17-7-10-20(33-2)19(26)12-17)24(30)25(31)28(22)14-15-4-3-11-27-13-15/h3-13,22,29H,14H2,1-2H3/t22-/m0/s1.